The monoisotopic (exact) mass is 416 g/mol. The van der Waals surface area contributed by atoms with Crippen LogP contribution in [-0.2, 0) is 16.6 Å². The van der Waals surface area contributed by atoms with Gasteiger partial charge in [-0.2, -0.15) is 4.31 Å². The van der Waals surface area contributed by atoms with Crippen LogP contribution in [0.25, 0.3) is 0 Å². The molecule has 0 saturated heterocycles. The van der Waals surface area contributed by atoms with E-state index >= 15 is 0 Å². The van der Waals surface area contributed by atoms with Crippen LogP contribution in [0.3, 0.4) is 0 Å². The molecule has 1 aromatic heterocycles. The SMILES string of the molecule is CCN(CC)CCN(Cc1cccs1)S(=O)(=O)c1cc(OC)ccc1Cl. The van der Waals surface area contributed by atoms with Gasteiger partial charge in [-0.25, -0.2) is 8.42 Å². The first kappa shape index (κ1) is 21.2. The number of likely N-dealkylation sites (N-methyl/N-ethyl adjacent to an activating group) is 1. The van der Waals surface area contributed by atoms with Gasteiger partial charge in [0.2, 0.25) is 10.0 Å². The molecule has 8 heteroatoms. The number of ether oxygens (including phenoxy) is 1. The zero-order valence-corrected chi connectivity index (χ0v) is 17.7. The van der Waals surface area contributed by atoms with E-state index in [0.29, 0.717) is 25.4 Å². The average molecular weight is 417 g/mol. The molecule has 0 N–H and O–H groups in total. The van der Waals surface area contributed by atoms with Gasteiger partial charge in [-0.05, 0) is 36.7 Å². The van der Waals surface area contributed by atoms with Crippen molar-refractivity contribution in [3.63, 3.8) is 0 Å². The normalized spacial score (nSPS) is 12.1. The van der Waals surface area contributed by atoms with Crippen molar-refractivity contribution in [1.29, 1.82) is 0 Å². The van der Waals surface area contributed by atoms with E-state index < -0.39 is 10.0 Å². The van der Waals surface area contributed by atoms with Crippen molar-refractivity contribution in [3.05, 3.63) is 45.6 Å². The minimum Gasteiger partial charge on any atom is -0.497 e. The third-order valence-electron chi connectivity index (χ3n) is 4.23. The lowest BCUT2D eigenvalue weighted by molar-refractivity contribution is 0.269. The van der Waals surface area contributed by atoms with Crippen LogP contribution in [0.4, 0.5) is 0 Å². The number of rotatable bonds is 10. The van der Waals surface area contributed by atoms with Gasteiger partial charge in [0.15, 0.2) is 0 Å². The second kappa shape index (κ2) is 9.71. The van der Waals surface area contributed by atoms with Gasteiger partial charge in [-0.15, -0.1) is 11.3 Å². The molecule has 0 amide bonds. The number of halogens is 1. The summed E-state index contributed by atoms with van der Waals surface area (Å²) in [5.41, 5.74) is 0. The van der Waals surface area contributed by atoms with Gasteiger partial charge in [-0.3, -0.25) is 0 Å². The molecule has 0 bridgehead atoms. The number of hydrogen-bond donors (Lipinski definition) is 0. The van der Waals surface area contributed by atoms with E-state index in [-0.39, 0.29) is 9.92 Å². The maximum absolute atomic E-state index is 13.3. The predicted molar refractivity (Wildman–Crippen MR) is 108 cm³/mol. The Morgan fingerprint density at radius 1 is 1.15 bits per heavy atom. The Hall–Kier alpha value is -1.12. The van der Waals surface area contributed by atoms with E-state index in [1.54, 1.807) is 23.5 Å². The van der Waals surface area contributed by atoms with Gasteiger partial charge in [0.1, 0.15) is 10.6 Å². The molecule has 0 fully saturated rings. The number of methoxy groups -OCH3 is 1. The van der Waals surface area contributed by atoms with Gasteiger partial charge in [0.25, 0.3) is 0 Å². The molecular weight excluding hydrogens is 392 g/mol. The first-order chi connectivity index (χ1) is 12.4. The zero-order valence-electron chi connectivity index (χ0n) is 15.3. The molecule has 0 saturated carbocycles. The van der Waals surface area contributed by atoms with Crippen molar-refractivity contribution in [3.8, 4) is 5.75 Å². The molecule has 1 aromatic carbocycles. The maximum Gasteiger partial charge on any atom is 0.245 e. The van der Waals surface area contributed by atoms with Gasteiger partial charge >= 0.3 is 0 Å². The number of benzene rings is 1. The molecule has 144 valence electrons. The highest BCUT2D eigenvalue weighted by Gasteiger charge is 2.28. The summed E-state index contributed by atoms with van der Waals surface area (Å²) in [6.45, 7) is 7.29. The van der Waals surface area contributed by atoms with Crippen molar-refractivity contribution in [2.24, 2.45) is 0 Å². The summed E-state index contributed by atoms with van der Waals surface area (Å²) in [4.78, 5) is 3.27. The fourth-order valence-electron chi connectivity index (χ4n) is 2.60. The van der Waals surface area contributed by atoms with Gasteiger partial charge in [-0.1, -0.05) is 31.5 Å². The molecule has 0 atom stereocenters. The Balaban J connectivity index is 2.35. The fourth-order valence-corrected chi connectivity index (χ4v) is 5.30. The van der Waals surface area contributed by atoms with Crippen molar-refractivity contribution in [1.82, 2.24) is 9.21 Å². The largest absolute Gasteiger partial charge is 0.497 e. The first-order valence-corrected chi connectivity index (χ1v) is 11.2. The van der Waals surface area contributed by atoms with Crippen LogP contribution >= 0.6 is 22.9 Å². The molecular formula is C18H25ClN2O3S2. The third-order valence-corrected chi connectivity index (χ3v) is 7.42. The minimum atomic E-state index is -3.75. The highest BCUT2D eigenvalue weighted by atomic mass is 35.5. The number of hydrogen-bond acceptors (Lipinski definition) is 5. The highest BCUT2D eigenvalue weighted by molar-refractivity contribution is 7.89. The second-order valence-corrected chi connectivity index (χ2v) is 9.09. The summed E-state index contributed by atoms with van der Waals surface area (Å²) in [6, 6.07) is 8.56. The molecule has 26 heavy (non-hydrogen) atoms. The standard InChI is InChI=1S/C18H25ClN2O3S2/c1-4-20(5-2)10-11-21(14-16-7-6-12-25-16)26(22,23)18-13-15(24-3)8-9-17(18)19/h6-9,12-13H,4-5,10-11,14H2,1-3H3. The Morgan fingerprint density at radius 2 is 1.88 bits per heavy atom. The smallest absolute Gasteiger partial charge is 0.245 e. The van der Waals surface area contributed by atoms with E-state index in [1.165, 1.54) is 17.5 Å². The van der Waals surface area contributed by atoms with E-state index in [1.807, 2.05) is 17.5 Å². The lowest BCUT2D eigenvalue weighted by Gasteiger charge is -2.26. The fraction of sp³-hybridized carbons (Fsp3) is 0.444. The summed E-state index contributed by atoms with van der Waals surface area (Å²) < 4.78 is 33.3. The maximum atomic E-state index is 13.3. The van der Waals surface area contributed by atoms with E-state index in [4.69, 9.17) is 16.3 Å². The van der Waals surface area contributed by atoms with Crippen molar-refractivity contribution < 1.29 is 13.2 Å². The lowest BCUT2D eigenvalue weighted by atomic mass is 10.3. The Labute approximate surface area is 165 Å². The summed E-state index contributed by atoms with van der Waals surface area (Å²) in [5.74, 6) is 0.466. The average Bonchev–Trinajstić information content (AvgIpc) is 3.15. The first-order valence-electron chi connectivity index (χ1n) is 8.50. The van der Waals surface area contributed by atoms with E-state index in [9.17, 15) is 8.42 Å². The molecule has 5 nitrogen and oxygen atoms in total. The minimum absolute atomic E-state index is 0.0784. The molecule has 0 aliphatic heterocycles. The Bertz CT molecular complexity index is 791. The van der Waals surface area contributed by atoms with Crippen molar-refractivity contribution in [2.45, 2.75) is 25.3 Å². The van der Waals surface area contributed by atoms with Gasteiger partial charge < -0.3 is 9.64 Å². The second-order valence-electron chi connectivity index (χ2n) is 5.74. The highest BCUT2D eigenvalue weighted by Crippen LogP contribution is 2.30. The van der Waals surface area contributed by atoms with Crippen LogP contribution < -0.4 is 4.74 Å². The lowest BCUT2D eigenvalue weighted by Crippen LogP contribution is -2.38. The molecule has 1 heterocycles. The van der Waals surface area contributed by atoms with Crippen LogP contribution in [0.5, 0.6) is 5.75 Å². The summed E-state index contributed by atoms with van der Waals surface area (Å²) in [6.07, 6.45) is 0. The van der Waals surface area contributed by atoms with Crippen LogP contribution in [0.2, 0.25) is 5.02 Å². The molecule has 0 aliphatic carbocycles. The quantitative estimate of drug-likeness (QED) is 0.588. The van der Waals surface area contributed by atoms with Crippen LogP contribution in [0, 0.1) is 0 Å². The van der Waals surface area contributed by atoms with Crippen LogP contribution in [0.1, 0.15) is 18.7 Å². The summed E-state index contributed by atoms with van der Waals surface area (Å²) in [5, 5.41) is 2.15. The molecule has 2 aromatic rings. The molecule has 2 rings (SSSR count). The summed E-state index contributed by atoms with van der Waals surface area (Å²) in [7, 11) is -2.25. The van der Waals surface area contributed by atoms with E-state index in [2.05, 4.69) is 18.7 Å². The van der Waals surface area contributed by atoms with Crippen molar-refractivity contribution in [2.75, 3.05) is 33.3 Å². The molecule has 0 spiro atoms. The van der Waals surface area contributed by atoms with Crippen LogP contribution in [0.15, 0.2) is 40.6 Å². The Kier molecular flexibility index (Phi) is 7.91. The van der Waals surface area contributed by atoms with Gasteiger partial charge in [0, 0.05) is 30.6 Å². The number of thiophene rings is 1. The molecule has 0 aliphatic rings. The summed E-state index contributed by atoms with van der Waals surface area (Å²) >= 11 is 7.75. The number of nitrogens with zero attached hydrogens (tertiary/aromatic N) is 2. The van der Waals surface area contributed by atoms with Crippen LogP contribution in [-0.4, -0.2) is 50.9 Å². The zero-order chi connectivity index (χ0) is 19.2. The van der Waals surface area contributed by atoms with Gasteiger partial charge in [0.05, 0.1) is 12.1 Å². The van der Waals surface area contributed by atoms with Crippen molar-refractivity contribution >= 4 is 33.0 Å². The van der Waals surface area contributed by atoms with E-state index in [0.717, 1.165) is 18.0 Å². The number of sulfonamides is 1. The molecule has 0 unspecified atom stereocenters. The Morgan fingerprint density at radius 3 is 2.46 bits per heavy atom. The predicted octanol–water partition coefficient (Wildman–Crippen LogP) is 3.94. The molecule has 0 radical (unpaired) electrons. The third kappa shape index (κ3) is 5.20. The topological polar surface area (TPSA) is 49.9 Å².